The van der Waals surface area contributed by atoms with E-state index in [-0.39, 0.29) is 11.7 Å². The summed E-state index contributed by atoms with van der Waals surface area (Å²) in [5.41, 5.74) is 4.77. The van der Waals surface area contributed by atoms with Crippen LogP contribution in [0.5, 0.6) is 5.75 Å². The lowest BCUT2D eigenvalue weighted by Crippen LogP contribution is -2.02. The molecule has 2 N–H and O–H groups in total. The molecule has 4 nitrogen and oxygen atoms in total. The molecule has 2 rings (SSSR count). The second-order valence-electron chi connectivity index (χ2n) is 6.66. The van der Waals surface area contributed by atoms with E-state index in [1.165, 1.54) is 6.07 Å². The Labute approximate surface area is 161 Å². The Hall–Kier alpha value is -1.68. The highest BCUT2D eigenvalue weighted by Gasteiger charge is 2.15. The van der Waals surface area contributed by atoms with Crippen LogP contribution in [-0.4, -0.2) is 16.1 Å². The van der Waals surface area contributed by atoms with Gasteiger partial charge < -0.3 is 14.5 Å². The Kier molecular flexibility index (Phi) is 8.67. The van der Waals surface area contributed by atoms with Gasteiger partial charge in [-0.1, -0.05) is 39.8 Å². The predicted octanol–water partition coefficient (Wildman–Crippen LogP) is 5.70. The zero-order valence-corrected chi connectivity index (χ0v) is 17.8. The maximum Gasteiger partial charge on any atom is 0.362 e. The molecule has 0 fully saturated rings. The molecular weight excluding hydrogens is 366 g/mol. The average molecular weight is 396 g/mol. The average Bonchev–Trinajstić information content (AvgIpc) is 2.58. The van der Waals surface area contributed by atoms with Crippen molar-refractivity contribution in [3.05, 3.63) is 64.0 Å². The molecule has 2 aromatic carbocycles. The van der Waals surface area contributed by atoms with Crippen LogP contribution in [0.2, 0.25) is 0 Å². The summed E-state index contributed by atoms with van der Waals surface area (Å²) in [4.78, 5) is 17.8. The van der Waals surface area contributed by atoms with Gasteiger partial charge in [0.15, 0.2) is 6.35 Å². The standard InChI is InChI=1S/C19H24FO4P.C2H6/c1-12(2)17-9-15(5-6-19(17)20)10-18-13(3)7-16(8-14(18)4)24-11-25(21,22)23;1-2/h5-9,12H,10-11H2,1-4H3,(H2,21,22,23);1-2H3. The molecule has 0 heterocycles. The normalized spacial score (nSPS) is 11.2. The zero-order valence-electron chi connectivity index (χ0n) is 16.9. The molecule has 0 saturated heterocycles. The van der Waals surface area contributed by atoms with E-state index in [1.54, 1.807) is 18.2 Å². The van der Waals surface area contributed by atoms with Gasteiger partial charge in [-0.2, -0.15) is 0 Å². The van der Waals surface area contributed by atoms with Gasteiger partial charge in [0.2, 0.25) is 0 Å². The van der Waals surface area contributed by atoms with Gasteiger partial charge in [-0.25, -0.2) is 4.39 Å². The van der Waals surface area contributed by atoms with Gasteiger partial charge in [-0.15, -0.1) is 0 Å². The van der Waals surface area contributed by atoms with Crippen LogP contribution in [0.4, 0.5) is 4.39 Å². The lowest BCUT2D eigenvalue weighted by atomic mass is 9.93. The van der Waals surface area contributed by atoms with E-state index in [0.717, 1.165) is 22.3 Å². The second-order valence-corrected chi connectivity index (χ2v) is 8.25. The first-order valence-electron chi connectivity index (χ1n) is 9.12. The maximum atomic E-state index is 13.9. The summed E-state index contributed by atoms with van der Waals surface area (Å²) in [6, 6.07) is 8.73. The van der Waals surface area contributed by atoms with Crippen molar-refractivity contribution in [3.8, 4) is 5.75 Å². The molecule has 27 heavy (non-hydrogen) atoms. The van der Waals surface area contributed by atoms with Crippen molar-refractivity contribution in [1.29, 1.82) is 0 Å². The van der Waals surface area contributed by atoms with E-state index in [9.17, 15) is 8.96 Å². The third-order valence-electron chi connectivity index (χ3n) is 4.13. The van der Waals surface area contributed by atoms with Gasteiger partial charge in [-0.3, -0.25) is 4.57 Å². The van der Waals surface area contributed by atoms with Gasteiger partial charge in [0.05, 0.1) is 0 Å². The van der Waals surface area contributed by atoms with Gasteiger partial charge in [0, 0.05) is 0 Å². The van der Waals surface area contributed by atoms with E-state index >= 15 is 0 Å². The van der Waals surface area contributed by atoms with Gasteiger partial charge in [-0.05, 0) is 72.2 Å². The lowest BCUT2D eigenvalue weighted by Gasteiger charge is -2.15. The molecule has 0 unspecified atom stereocenters. The van der Waals surface area contributed by atoms with Crippen molar-refractivity contribution in [2.45, 2.75) is 53.9 Å². The van der Waals surface area contributed by atoms with E-state index in [0.29, 0.717) is 17.7 Å². The number of hydrogen-bond donors (Lipinski definition) is 2. The van der Waals surface area contributed by atoms with Gasteiger partial charge >= 0.3 is 7.60 Å². The molecule has 0 aromatic heterocycles. The quantitative estimate of drug-likeness (QED) is 0.615. The van der Waals surface area contributed by atoms with E-state index in [2.05, 4.69) is 0 Å². The fourth-order valence-electron chi connectivity index (χ4n) is 2.82. The highest BCUT2D eigenvalue weighted by molar-refractivity contribution is 7.51. The molecule has 0 amide bonds. The van der Waals surface area contributed by atoms with E-state index < -0.39 is 13.9 Å². The molecule has 2 aromatic rings. The van der Waals surface area contributed by atoms with Crippen LogP contribution in [-0.2, 0) is 11.0 Å². The Bertz CT molecular complexity index is 789. The number of aryl methyl sites for hydroxylation is 2. The molecular formula is C21H30FO4P. The molecule has 0 atom stereocenters. The van der Waals surface area contributed by atoms with Gasteiger partial charge in [0.25, 0.3) is 0 Å². The van der Waals surface area contributed by atoms with Crippen LogP contribution in [0.1, 0.15) is 61.4 Å². The van der Waals surface area contributed by atoms with Crippen LogP contribution < -0.4 is 4.74 Å². The van der Waals surface area contributed by atoms with Crippen molar-refractivity contribution in [2.24, 2.45) is 0 Å². The summed E-state index contributed by atoms with van der Waals surface area (Å²) < 4.78 is 30.0. The Morgan fingerprint density at radius 1 is 1.07 bits per heavy atom. The second kappa shape index (κ2) is 10.0. The number of halogens is 1. The minimum absolute atomic E-state index is 0.116. The molecule has 150 valence electrons. The number of ether oxygens (including phenoxy) is 1. The van der Waals surface area contributed by atoms with Crippen LogP contribution in [0, 0.1) is 19.7 Å². The summed E-state index contributed by atoms with van der Waals surface area (Å²) >= 11 is 0. The lowest BCUT2D eigenvalue weighted by molar-refractivity contribution is 0.300. The first kappa shape index (κ1) is 23.4. The smallest absolute Gasteiger partial charge is 0.362 e. The molecule has 0 aliphatic carbocycles. The largest absolute Gasteiger partial charge is 0.481 e. The monoisotopic (exact) mass is 396 g/mol. The summed E-state index contributed by atoms with van der Waals surface area (Å²) in [6.07, 6.45) is 0.0252. The minimum Gasteiger partial charge on any atom is -0.481 e. The summed E-state index contributed by atoms with van der Waals surface area (Å²) in [6.45, 7) is 11.8. The summed E-state index contributed by atoms with van der Waals surface area (Å²) in [7, 11) is -4.21. The number of hydrogen-bond acceptors (Lipinski definition) is 2. The van der Waals surface area contributed by atoms with E-state index in [4.69, 9.17) is 14.5 Å². The molecule has 6 heteroatoms. The van der Waals surface area contributed by atoms with Crippen LogP contribution >= 0.6 is 7.60 Å². The minimum atomic E-state index is -4.21. The van der Waals surface area contributed by atoms with Crippen molar-refractivity contribution in [2.75, 3.05) is 6.35 Å². The fraction of sp³-hybridized carbons (Fsp3) is 0.429. The highest BCUT2D eigenvalue weighted by Crippen LogP contribution is 2.35. The predicted molar refractivity (Wildman–Crippen MR) is 108 cm³/mol. The van der Waals surface area contributed by atoms with Crippen LogP contribution in [0.3, 0.4) is 0 Å². The molecule has 0 radical (unpaired) electrons. The van der Waals surface area contributed by atoms with Crippen molar-refractivity contribution < 1.29 is 23.5 Å². The topological polar surface area (TPSA) is 66.8 Å². The third kappa shape index (κ3) is 7.10. The Morgan fingerprint density at radius 3 is 2.11 bits per heavy atom. The Balaban J connectivity index is 0.00000176. The Morgan fingerprint density at radius 2 is 1.63 bits per heavy atom. The van der Waals surface area contributed by atoms with Crippen LogP contribution in [0.25, 0.3) is 0 Å². The molecule has 0 aliphatic heterocycles. The van der Waals surface area contributed by atoms with Crippen LogP contribution in [0.15, 0.2) is 30.3 Å². The maximum absolute atomic E-state index is 13.9. The first-order valence-corrected chi connectivity index (χ1v) is 10.9. The summed E-state index contributed by atoms with van der Waals surface area (Å²) in [5, 5.41) is 0. The first-order chi connectivity index (χ1) is 12.6. The van der Waals surface area contributed by atoms with E-state index in [1.807, 2.05) is 47.6 Å². The summed E-state index contributed by atoms with van der Waals surface area (Å²) in [5.74, 6) is 0.364. The molecule has 0 bridgehead atoms. The third-order valence-corrected chi connectivity index (χ3v) is 4.60. The van der Waals surface area contributed by atoms with Crippen molar-refractivity contribution in [3.63, 3.8) is 0 Å². The molecule has 0 aliphatic rings. The SMILES string of the molecule is CC.Cc1cc(OCP(=O)(O)O)cc(C)c1Cc1ccc(F)c(C(C)C)c1. The van der Waals surface area contributed by atoms with Crippen molar-refractivity contribution >= 4 is 7.60 Å². The number of benzene rings is 2. The zero-order chi connectivity index (χ0) is 20.8. The van der Waals surface area contributed by atoms with Gasteiger partial charge in [0.1, 0.15) is 11.6 Å². The fourth-order valence-corrected chi connectivity index (χ4v) is 3.14. The number of rotatable bonds is 6. The van der Waals surface area contributed by atoms with Crippen molar-refractivity contribution in [1.82, 2.24) is 0 Å². The highest BCUT2D eigenvalue weighted by atomic mass is 31.2. The molecule has 0 spiro atoms. The molecule has 0 saturated carbocycles.